The van der Waals surface area contributed by atoms with Crippen LogP contribution in [0.2, 0.25) is 0 Å². The Kier molecular flexibility index (Phi) is 3.60. The number of H-pyrrole nitrogens is 1. The maximum Gasteiger partial charge on any atom is 0.231 e. The summed E-state index contributed by atoms with van der Waals surface area (Å²) in [7, 11) is 0. The molecule has 5 rings (SSSR count). The van der Waals surface area contributed by atoms with Crippen molar-refractivity contribution in [2.24, 2.45) is 0 Å². The molecule has 0 fully saturated rings. The molecule has 2 aliphatic heterocycles. The number of carbonyl (C=O) groups excluding carboxylic acids is 1. The average Bonchev–Trinajstić information content (AvgIpc) is 3.28. The summed E-state index contributed by atoms with van der Waals surface area (Å²) in [5, 5.41) is 10.7. The first-order valence-corrected chi connectivity index (χ1v) is 9.29. The summed E-state index contributed by atoms with van der Waals surface area (Å²) in [5.74, 6) is 2.50. The molecular weight excluding hydrogens is 350 g/mol. The second-order valence-electron chi connectivity index (χ2n) is 6.06. The van der Waals surface area contributed by atoms with E-state index in [4.69, 9.17) is 9.47 Å². The zero-order chi connectivity index (χ0) is 17.5. The molecule has 0 aliphatic carbocycles. The van der Waals surface area contributed by atoms with Crippen molar-refractivity contribution in [3.8, 4) is 22.8 Å². The van der Waals surface area contributed by atoms with Gasteiger partial charge in [-0.3, -0.25) is 9.89 Å². The van der Waals surface area contributed by atoms with Crippen molar-refractivity contribution in [3.63, 3.8) is 0 Å². The van der Waals surface area contributed by atoms with Crippen molar-refractivity contribution in [3.05, 3.63) is 59.7 Å². The summed E-state index contributed by atoms with van der Waals surface area (Å²) in [4.78, 5) is 12.8. The first kappa shape index (κ1) is 15.3. The first-order chi connectivity index (χ1) is 12.8. The van der Waals surface area contributed by atoms with Crippen molar-refractivity contribution in [1.29, 1.82) is 0 Å². The number of ketones is 1. The Morgan fingerprint density at radius 1 is 1.08 bits per heavy atom. The molecule has 0 amide bonds. The summed E-state index contributed by atoms with van der Waals surface area (Å²) in [6, 6.07) is 15.6. The minimum Gasteiger partial charge on any atom is -0.454 e. The minimum atomic E-state index is -0.0957. The highest BCUT2D eigenvalue weighted by Crippen LogP contribution is 2.41. The normalized spacial score (nSPS) is 18.2. The van der Waals surface area contributed by atoms with Crippen LogP contribution in [0, 0.1) is 0 Å². The van der Waals surface area contributed by atoms with E-state index >= 15 is 0 Å². The van der Waals surface area contributed by atoms with Crippen molar-refractivity contribution >= 4 is 23.4 Å². The molecule has 130 valence electrons. The van der Waals surface area contributed by atoms with E-state index in [-0.39, 0.29) is 18.0 Å². The maximum atomic E-state index is 12.8. The number of Topliss-reactive ketones (excluding diaryl/α,β-unsaturated/α-hetero) is 1. The molecule has 1 unspecified atom stereocenters. The van der Waals surface area contributed by atoms with E-state index in [0.717, 1.165) is 28.3 Å². The van der Waals surface area contributed by atoms with Gasteiger partial charge in [-0.15, -0.1) is 11.8 Å². The predicted octanol–water partition coefficient (Wildman–Crippen LogP) is 3.85. The molecule has 0 bridgehead atoms. The van der Waals surface area contributed by atoms with Gasteiger partial charge in [0.15, 0.2) is 23.1 Å². The van der Waals surface area contributed by atoms with E-state index in [1.54, 1.807) is 11.8 Å². The molecule has 0 spiro atoms. The molecule has 2 N–H and O–H groups in total. The van der Waals surface area contributed by atoms with Gasteiger partial charge in [0, 0.05) is 5.56 Å². The van der Waals surface area contributed by atoms with Crippen molar-refractivity contribution in [2.45, 2.75) is 5.37 Å². The number of aromatic amines is 1. The Morgan fingerprint density at radius 2 is 1.92 bits per heavy atom. The lowest BCUT2D eigenvalue weighted by Crippen LogP contribution is -2.07. The number of carbonyl (C=O) groups is 1. The third-order valence-corrected chi connectivity index (χ3v) is 5.61. The predicted molar refractivity (Wildman–Crippen MR) is 99.7 cm³/mol. The van der Waals surface area contributed by atoms with Crippen LogP contribution in [-0.2, 0) is 0 Å². The highest BCUT2D eigenvalue weighted by molar-refractivity contribution is 8.00. The molecule has 6 nitrogen and oxygen atoms in total. The Balaban J connectivity index is 1.51. The zero-order valence-electron chi connectivity index (χ0n) is 13.7. The summed E-state index contributed by atoms with van der Waals surface area (Å²) in [6.07, 6.45) is 0. The number of nitrogens with zero attached hydrogens (tertiary/aromatic N) is 1. The fourth-order valence-electron chi connectivity index (χ4n) is 3.18. The van der Waals surface area contributed by atoms with Crippen molar-refractivity contribution in [2.75, 3.05) is 17.9 Å². The van der Waals surface area contributed by atoms with Crippen LogP contribution in [0.3, 0.4) is 0 Å². The second-order valence-corrected chi connectivity index (χ2v) is 7.15. The van der Waals surface area contributed by atoms with Crippen LogP contribution in [0.4, 0.5) is 5.82 Å². The van der Waals surface area contributed by atoms with E-state index in [1.165, 1.54) is 0 Å². The number of anilines is 1. The summed E-state index contributed by atoms with van der Waals surface area (Å²) in [6.45, 7) is 0.243. The number of rotatable bonds is 2. The van der Waals surface area contributed by atoms with Crippen LogP contribution in [0.15, 0.2) is 48.5 Å². The SMILES string of the molecule is O=C1CSC(c2ccc3c(c2)OCO3)Nc2n[nH]c(-c3ccccc3)c21. The molecule has 0 saturated carbocycles. The number of hydrogen-bond donors (Lipinski definition) is 2. The molecular formula is C19H15N3O3S. The van der Waals surface area contributed by atoms with E-state index in [0.29, 0.717) is 17.1 Å². The van der Waals surface area contributed by atoms with Crippen LogP contribution in [-0.4, -0.2) is 28.5 Å². The lowest BCUT2D eigenvalue weighted by atomic mass is 10.0. The molecule has 1 aromatic heterocycles. The van der Waals surface area contributed by atoms with Gasteiger partial charge in [0.1, 0.15) is 0 Å². The highest BCUT2D eigenvalue weighted by Gasteiger charge is 2.29. The highest BCUT2D eigenvalue weighted by atomic mass is 32.2. The molecule has 7 heteroatoms. The third kappa shape index (κ3) is 2.52. The topological polar surface area (TPSA) is 76.2 Å². The van der Waals surface area contributed by atoms with Crippen LogP contribution < -0.4 is 14.8 Å². The number of aromatic nitrogens is 2. The molecule has 2 aromatic carbocycles. The monoisotopic (exact) mass is 365 g/mol. The Hall–Kier alpha value is -2.93. The van der Waals surface area contributed by atoms with Gasteiger partial charge in [-0.05, 0) is 17.7 Å². The molecule has 3 heterocycles. The number of benzene rings is 2. The minimum absolute atomic E-state index is 0.0633. The van der Waals surface area contributed by atoms with Crippen LogP contribution in [0.5, 0.6) is 11.5 Å². The second kappa shape index (κ2) is 6.10. The van der Waals surface area contributed by atoms with Crippen molar-refractivity contribution < 1.29 is 14.3 Å². The van der Waals surface area contributed by atoms with Gasteiger partial charge in [0.25, 0.3) is 0 Å². The standard InChI is InChI=1S/C19H15N3O3S/c23-13-9-26-19(12-6-7-14-15(8-12)25-10-24-14)20-18-16(13)17(21-22-18)11-4-2-1-3-5-11/h1-8,19H,9-10H2,(H2,20,21,22). The Labute approximate surface area is 153 Å². The van der Waals surface area contributed by atoms with Crippen LogP contribution >= 0.6 is 11.8 Å². The molecule has 0 saturated heterocycles. The number of nitrogens with one attached hydrogen (secondary N) is 2. The fraction of sp³-hybridized carbons (Fsp3) is 0.158. The zero-order valence-corrected chi connectivity index (χ0v) is 14.5. The van der Waals surface area contributed by atoms with E-state index in [9.17, 15) is 4.79 Å². The van der Waals surface area contributed by atoms with E-state index < -0.39 is 0 Å². The molecule has 1 atom stereocenters. The molecule has 26 heavy (non-hydrogen) atoms. The van der Waals surface area contributed by atoms with Crippen molar-refractivity contribution in [1.82, 2.24) is 10.2 Å². The van der Waals surface area contributed by atoms with Gasteiger partial charge in [-0.2, -0.15) is 5.10 Å². The van der Waals surface area contributed by atoms with Gasteiger partial charge in [-0.1, -0.05) is 36.4 Å². The average molecular weight is 365 g/mol. The fourth-order valence-corrected chi connectivity index (χ4v) is 4.18. The lowest BCUT2D eigenvalue weighted by Gasteiger charge is -2.16. The maximum absolute atomic E-state index is 12.8. The lowest BCUT2D eigenvalue weighted by molar-refractivity contribution is 0.102. The molecule has 0 radical (unpaired) electrons. The quantitative estimate of drug-likeness (QED) is 0.718. The number of hydrogen-bond acceptors (Lipinski definition) is 6. The largest absolute Gasteiger partial charge is 0.454 e. The van der Waals surface area contributed by atoms with Crippen LogP contribution in [0.25, 0.3) is 11.3 Å². The Bertz CT molecular complexity index is 987. The summed E-state index contributed by atoms with van der Waals surface area (Å²) in [5.41, 5.74) is 3.34. The number of ether oxygens (including phenoxy) is 2. The number of fused-ring (bicyclic) bond motifs is 2. The molecule has 2 aliphatic rings. The van der Waals surface area contributed by atoms with E-state index in [1.807, 2.05) is 48.5 Å². The van der Waals surface area contributed by atoms with Gasteiger partial charge in [-0.25, -0.2) is 0 Å². The van der Waals surface area contributed by atoms with Gasteiger partial charge < -0.3 is 14.8 Å². The Morgan fingerprint density at radius 3 is 2.81 bits per heavy atom. The first-order valence-electron chi connectivity index (χ1n) is 8.24. The molecule has 3 aromatic rings. The smallest absolute Gasteiger partial charge is 0.231 e. The van der Waals surface area contributed by atoms with E-state index in [2.05, 4.69) is 15.5 Å². The summed E-state index contributed by atoms with van der Waals surface area (Å²) >= 11 is 1.54. The van der Waals surface area contributed by atoms with Gasteiger partial charge in [0.2, 0.25) is 6.79 Å². The van der Waals surface area contributed by atoms with Crippen LogP contribution in [0.1, 0.15) is 21.3 Å². The third-order valence-electron chi connectivity index (χ3n) is 4.46. The van der Waals surface area contributed by atoms with Gasteiger partial charge in [0.05, 0.1) is 22.4 Å². The summed E-state index contributed by atoms with van der Waals surface area (Å²) < 4.78 is 10.8. The number of thioether (sulfide) groups is 1. The van der Waals surface area contributed by atoms with Gasteiger partial charge >= 0.3 is 0 Å².